The van der Waals surface area contributed by atoms with Crippen LogP contribution in [0, 0.1) is 0 Å². The molecular formula is C25H42O2. The zero-order chi connectivity index (χ0) is 19.6. The molecule has 0 bridgehead atoms. The summed E-state index contributed by atoms with van der Waals surface area (Å²) in [6.45, 7) is 2.27. The van der Waals surface area contributed by atoms with E-state index in [-0.39, 0.29) is 11.5 Å². The molecule has 0 spiro atoms. The summed E-state index contributed by atoms with van der Waals surface area (Å²) in [5.74, 6) is 0.317. The number of phenolic OH excluding ortho intramolecular Hbond substituents is 2. The number of hydrogen-bond donors (Lipinski definition) is 2. The van der Waals surface area contributed by atoms with E-state index in [0.29, 0.717) is 0 Å². The van der Waals surface area contributed by atoms with Crippen LogP contribution in [0.1, 0.15) is 109 Å². The Morgan fingerprint density at radius 1 is 0.593 bits per heavy atom. The summed E-state index contributed by atoms with van der Waals surface area (Å²) in [6.07, 6.45) is 25.6. The van der Waals surface area contributed by atoms with Crippen LogP contribution in [-0.2, 0) is 6.42 Å². The number of rotatable bonds is 17. The van der Waals surface area contributed by atoms with E-state index in [1.54, 1.807) is 12.1 Å². The highest BCUT2D eigenvalue weighted by atomic mass is 16.3. The molecule has 0 aliphatic rings. The summed E-state index contributed by atoms with van der Waals surface area (Å²) < 4.78 is 0. The Morgan fingerprint density at radius 3 is 1.56 bits per heavy atom. The Kier molecular flexibility index (Phi) is 14.6. The average Bonchev–Trinajstić information content (AvgIpc) is 2.63. The molecule has 154 valence electrons. The van der Waals surface area contributed by atoms with Crippen molar-refractivity contribution in [2.24, 2.45) is 0 Å². The van der Waals surface area contributed by atoms with Crippen molar-refractivity contribution in [2.75, 3.05) is 0 Å². The predicted octanol–water partition coefficient (Wildman–Crippen LogP) is 8.07. The minimum absolute atomic E-state index is 0.158. The monoisotopic (exact) mass is 374 g/mol. The van der Waals surface area contributed by atoms with Gasteiger partial charge in [0, 0.05) is 6.07 Å². The molecule has 0 atom stereocenters. The van der Waals surface area contributed by atoms with E-state index >= 15 is 0 Å². The maximum absolute atomic E-state index is 9.47. The van der Waals surface area contributed by atoms with Crippen molar-refractivity contribution in [3.63, 3.8) is 0 Å². The molecule has 0 fully saturated rings. The van der Waals surface area contributed by atoms with Crippen molar-refractivity contribution in [2.45, 2.75) is 110 Å². The molecule has 2 nitrogen and oxygen atoms in total. The van der Waals surface area contributed by atoms with Gasteiger partial charge in [0.25, 0.3) is 0 Å². The third-order valence-corrected chi connectivity index (χ3v) is 5.19. The standard InChI is InChI=1S/C25H42O2/c1-2-3-4-5-6-7-8-9-10-11-12-13-14-15-16-17-18-19-23-20-24(26)22-25(27)21-23/h9-10,20-22,26-27H,2-8,11-19H2,1H3/b10-9-. The average molecular weight is 375 g/mol. The lowest BCUT2D eigenvalue weighted by atomic mass is 10.0. The minimum Gasteiger partial charge on any atom is -0.508 e. The van der Waals surface area contributed by atoms with Gasteiger partial charge in [-0.15, -0.1) is 0 Å². The molecule has 27 heavy (non-hydrogen) atoms. The SMILES string of the molecule is CCCCCCCC/C=C\CCCCCCCCCc1cc(O)cc(O)c1. The van der Waals surface area contributed by atoms with Gasteiger partial charge < -0.3 is 10.2 Å². The number of benzene rings is 1. The lowest BCUT2D eigenvalue weighted by molar-refractivity contribution is 0.449. The predicted molar refractivity (Wildman–Crippen MR) is 118 cm³/mol. The van der Waals surface area contributed by atoms with E-state index in [4.69, 9.17) is 0 Å². The van der Waals surface area contributed by atoms with Crippen LogP contribution in [0.3, 0.4) is 0 Å². The first kappa shape index (κ1) is 23.6. The Bertz CT molecular complexity index is 473. The van der Waals surface area contributed by atoms with Crippen molar-refractivity contribution in [3.8, 4) is 11.5 Å². The van der Waals surface area contributed by atoms with Crippen LogP contribution in [0.4, 0.5) is 0 Å². The molecule has 0 aromatic heterocycles. The second-order valence-electron chi connectivity index (χ2n) is 7.90. The quantitative estimate of drug-likeness (QED) is 0.214. The summed E-state index contributed by atoms with van der Waals surface area (Å²) in [6, 6.07) is 4.88. The lowest BCUT2D eigenvalue weighted by Crippen LogP contribution is -1.86. The molecule has 0 saturated carbocycles. The van der Waals surface area contributed by atoms with E-state index in [9.17, 15) is 10.2 Å². The van der Waals surface area contributed by atoms with Crippen molar-refractivity contribution in [1.82, 2.24) is 0 Å². The van der Waals surface area contributed by atoms with Gasteiger partial charge >= 0.3 is 0 Å². The van der Waals surface area contributed by atoms with E-state index in [1.807, 2.05) is 0 Å². The summed E-state index contributed by atoms with van der Waals surface area (Å²) >= 11 is 0. The summed E-state index contributed by atoms with van der Waals surface area (Å²) in [5.41, 5.74) is 1.03. The first-order valence-electron chi connectivity index (χ1n) is 11.4. The van der Waals surface area contributed by atoms with Crippen molar-refractivity contribution in [1.29, 1.82) is 0 Å². The van der Waals surface area contributed by atoms with Gasteiger partial charge in [0.2, 0.25) is 0 Å². The molecule has 1 rings (SSSR count). The molecule has 2 heteroatoms. The molecule has 0 saturated heterocycles. The molecule has 0 aliphatic heterocycles. The highest BCUT2D eigenvalue weighted by molar-refractivity contribution is 5.36. The summed E-state index contributed by atoms with van der Waals surface area (Å²) in [4.78, 5) is 0. The van der Waals surface area contributed by atoms with Crippen LogP contribution in [0.5, 0.6) is 11.5 Å². The smallest absolute Gasteiger partial charge is 0.119 e. The number of phenols is 2. The van der Waals surface area contributed by atoms with Crippen LogP contribution in [0.15, 0.2) is 30.4 Å². The molecular weight excluding hydrogens is 332 g/mol. The van der Waals surface area contributed by atoms with Crippen LogP contribution in [0.2, 0.25) is 0 Å². The number of aromatic hydroxyl groups is 2. The molecule has 0 heterocycles. The van der Waals surface area contributed by atoms with E-state index in [2.05, 4.69) is 19.1 Å². The van der Waals surface area contributed by atoms with Gasteiger partial charge in [0.05, 0.1) is 0 Å². The number of hydrogen-bond acceptors (Lipinski definition) is 2. The Morgan fingerprint density at radius 2 is 1.04 bits per heavy atom. The zero-order valence-corrected chi connectivity index (χ0v) is 17.6. The summed E-state index contributed by atoms with van der Waals surface area (Å²) in [7, 11) is 0. The minimum atomic E-state index is 0.158. The van der Waals surface area contributed by atoms with Gasteiger partial charge in [-0.05, 0) is 56.2 Å². The Labute approximate surface area is 167 Å². The van der Waals surface area contributed by atoms with Gasteiger partial charge in [-0.1, -0.05) is 83.3 Å². The third-order valence-electron chi connectivity index (χ3n) is 5.19. The van der Waals surface area contributed by atoms with E-state index < -0.39 is 0 Å². The van der Waals surface area contributed by atoms with Gasteiger partial charge in [0.15, 0.2) is 0 Å². The largest absolute Gasteiger partial charge is 0.508 e. The van der Waals surface area contributed by atoms with Crippen LogP contribution < -0.4 is 0 Å². The maximum Gasteiger partial charge on any atom is 0.119 e. The second-order valence-corrected chi connectivity index (χ2v) is 7.90. The number of aryl methyl sites for hydroxylation is 1. The van der Waals surface area contributed by atoms with Crippen LogP contribution in [0.25, 0.3) is 0 Å². The molecule has 1 aromatic carbocycles. The molecule has 2 N–H and O–H groups in total. The fourth-order valence-electron chi connectivity index (χ4n) is 3.55. The second kappa shape index (κ2) is 16.7. The van der Waals surface area contributed by atoms with Gasteiger partial charge in [-0.3, -0.25) is 0 Å². The van der Waals surface area contributed by atoms with Crippen molar-refractivity contribution < 1.29 is 10.2 Å². The van der Waals surface area contributed by atoms with Crippen LogP contribution in [-0.4, -0.2) is 10.2 Å². The maximum atomic E-state index is 9.47. The van der Waals surface area contributed by atoms with E-state index in [0.717, 1.165) is 18.4 Å². The first-order valence-corrected chi connectivity index (χ1v) is 11.4. The summed E-state index contributed by atoms with van der Waals surface area (Å²) in [5, 5.41) is 18.9. The molecule has 0 unspecified atom stereocenters. The van der Waals surface area contributed by atoms with E-state index in [1.165, 1.54) is 96.0 Å². The highest BCUT2D eigenvalue weighted by Gasteiger charge is 1.99. The Balaban J connectivity index is 1.83. The zero-order valence-electron chi connectivity index (χ0n) is 17.6. The highest BCUT2D eigenvalue weighted by Crippen LogP contribution is 2.22. The van der Waals surface area contributed by atoms with Gasteiger partial charge in [0.1, 0.15) is 11.5 Å². The number of allylic oxidation sites excluding steroid dienone is 2. The number of unbranched alkanes of at least 4 members (excludes halogenated alkanes) is 13. The van der Waals surface area contributed by atoms with Gasteiger partial charge in [-0.25, -0.2) is 0 Å². The fourth-order valence-corrected chi connectivity index (χ4v) is 3.55. The lowest BCUT2D eigenvalue weighted by Gasteiger charge is -2.04. The molecule has 0 aliphatic carbocycles. The normalized spacial score (nSPS) is 11.4. The van der Waals surface area contributed by atoms with Crippen molar-refractivity contribution >= 4 is 0 Å². The third kappa shape index (κ3) is 14.3. The molecule has 0 radical (unpaired) electrons. The topological polar surface area (TPSA) is 40.5 Å². The molecule has 1 aromatic rings. The van der Waals surface area contributed by atoms with Crippen molar-refractivity contribution in [3.05, 3.63) is 35.9 Å². The molecule has 0 amide bonds. The fraction of sp³-hybridized carbons (Fsp3) is 0.680. The van der Waals surface area contributed by atoms with Crippen LogP contribution >= 0.6 is 0 Å². The Hall–Kier alpha value is -1.44. The van der Waals surface area contributed by atoms with Gasteiger partial charge in [-0.2, -0.15) is 0 Å². The first-order chi connectivity index (χ1) is 13.2.